The summed E-state index contributed by atoms with van der Waals surface area (Å²) in [4.78, 5) is 0. The van der Waals surface area contributed by atoms with Crippen LogP contribution >= 0.6 is 0 Å². The third-order valence-electron chi connectivity index (χ3n) is 6.89. The third-order valence-corrected chi connectivity index (χ3v) is 6.89. The van der Waals surface area contributed by atoms with E-state index in [9.17, 15) is 0 Å². The maximum Gasteiger partial charge on any atom is 0.0215 e. The first-order chi connectivity index (χ1) is 14.6. The van der Waals surface area contributed by atoms with Gasteiger partial charge in [-0.1, -0.05) is 81.3 Å². The largest absolute Gasteiger partial charge is 0.0871 e. The Morgan fingerprint density at radius 2 is 1.43 bits per heavy atom. The molecule has 0 heteroatoms. The molecule has 3 aromatic carbocycles. The molecule has 3 aromatic rings. The first-order valence-corrected chi connectivity index (χ1v) is 11.5. The van der Waals surface area contributed by atoms with Gasteiger partial charge < -0.3 is 0 Å². The van der Waals surface area contributed by atoms with E-state index in [2.05, 4.69) is 101 Å². The normalized spacial score (nSPS) is 14.2. The van der Waals surface area contributed by atoms with Gasteiger partial charge in [0, 0.05) is 5.41 Å². The lowest BCUT2D eigenvalue weighted by molar-refractivity contribution is 0.436. The van der Waals surface area contributed by atoms with Crippen LogP contribution in [0.25, 0.3) is 28.3 Å². The average molecular weight is 395 g/mol. The predicted octanol–water partition coefficient (Wildman–Crippen LogP) is 8.87. The van der Waals surface area contributed by atoms with Gasteiger partial charge in [0.15, 0.2) is 0 Å². The summed E-state index contributed by atoms with van der Waals surface area (Å²) in [6, 6.07) is 21.0. The van der Waals surface area contributed by atoms with Gasteiger partial charge in [-0.2, -0.15) is 0 Å². The smallest absolute Gasteiger partial charge is 0.0215 e. The van der Waals surface area contributed by atoms with Crippen LogP contribution in [0.1, 0.15) is 74.3 Å². The van der Waals surface area contributed by atoms with Crippen molar-refractivity contribution in [3.8, 4) is 22.3 Å². The minimum absolute atomic E-state index is 0.149. The molecule has 0 aliphatic heterocycles. The molecule has 0 radical (unpaired) electrons. The summed E-state index contributed by atoms with van der Waals surface area (Å²) in [5.74, 6) is 0. The van der Waals surface area contributed by atoms with E-state index in [1.54, 1.807) is 0 Å². The van der Waals surface area contributed by atoms with E-state index < -0.39 is 0 Å². The third kappa shape index (κ3) is 3.23. The molecule has 0 saturated carbocycles. The lowest BCUT2D eigenvalue weighted by Gasteiger charge is -2.32. The molecule has 0 heterocycles. The van der Waals surface area contributed by atoms with Crippen LogP contribution in [0.4, 0.5) is 0 Å². The highest BCUT2D eigenvalue weighted by Crippen LogP contribution is 2.54. The summed E-state index contributed by atoms with van der Waals surface area (Å²) < 4.78 is 0. The number of hydrogen-bond donors (Lipinski definition) is 0. The lowest BCUT2D eigenvalue weighted by atomic mass is 9.71. The summed E-state index contributed by atoms with van der Waals surface area (Å²) in [6.45, 7) is 11.2. The van der Waals surface area contributed by atoms with E-state index in [4.69, 9.17) is 0 Å². The van der Waals surface area contributed by atoms with Crippen molar-refractivity contribution in [3.63, 3.8) is 0 Å². The Bertz CT molecular complexity index is 1090. The Morgan fingerprint density at radius 1 is 0.733 bits per heavy atom. The SMILES string of the molecule is C/C=C/c1cc(-c2ccc3c(c2)C(CCC)(CCC)c2ccccc2-3)c(C)cc1C. The highest BCUT2D eigenvalue weighted by atomic mass is 14.4. The van der Waals surface area contributed by atoms with Crippen LogP contribution in [-0.2, 0) is 5.41 Å². The number of rotatable bonds is 6. The minimum atomic E-state index is 0.149. The van der Waals surface area contributed by atoms with Gasteiger partial charge in [-0.25, -0.2) is 0 Å². The maximum atomic E-state index is 2.51. The first-order valence-electron chi connectivity index (χ1n) is 11.5. The van der Waals surface area contributed by atoms with Gasteiger partial charge >= 0.3 is 0 Å². The Hall–Kier alpha value is -2.60. The first kappa shape index (κ1) is 20.7. The van der Waals surface area contributed by atoms with Gasteiger partial charge in [0.2, 0.25) is 0 Å². The molecule has 30 heavy (non-hydrogen) atoms. The molecule has 0 spiro atoms. The van der Waals surface area contributed by atoms with E-state index in [0.29, 0.717) is 0 Å². The average Bonchev–Trinajstić information content (AvgIpc) is 3.00. The fourth-order valence-electron chi connectivity index (χ4n) is 5.68. The van der Waals surface area contributed by atoms with E-state index in [1.165, 1.54) is 75.8 Å². The highest BCUT2D eigenvalue weighted by molar-refractivity contribution is 5.84. The van der Waals surface area contributed by atoms with E-state index in [0.717, 1.165) is 0 Å². The van der Waals surface area contributed by atoms with Crippen molar-refractivity contribution in [3.05, 3.63) is 88.5 Å². The van der Waals surface area contributed by atoms with Crippen LogP contribution in [-0.4, -0.2) is 0 Å². The van der Waals surface area contributed by atoms with Gasteiger partial charge in [0.25, 0.3) is 0 Å². The second-order valence-corrected chi connectivity index (χ2v) is 8.91. The van der Waals surface area contributed by atoms with Gasteiger partial charge in [-0.15, -0.1) is 0 Å². The van der Waals surface area contributed by atoms with Crippen LogP contribution in [0.3, 0.4) is 0 Å². The van der Waals surface area contributed by atoms with Crippen molar-refractivity contribution in [1.29, 1.82) is 0 Å². The van der Waals surface area contributed by atoms with Crippen molar-refractivity contribution in [2.75, 3.05) is 0 Å². The minimum Gasteiger partial charge on any atom is -0.0871 e. The zero-order chi connectivity index (χ0) is 21.3. The zero-order valence-corrected chi connectivity index (χ0v) is 19.2. The molecule has 0 N–H and O–H groups in total. The van der Waals surface area contributed by atoms with Crippen LogP contribution in [0.15, 0.2) is 60.7 Å². The maximum absolute atomic E-state index is 2.51. The molecule has 4 rings (SSSR count). The molecule has 0 unspecified atom stereocenters. The molecule has 154 valence electrons. The molecule has 1 aliphatic rings. The molecular weight excluding hydrogens is 360 g/mol. The molecular formula is C30H34. The lowest BCUT2D eigenvalue weighted by Crippen LogP contribution is -2.25. The Labute approximate surface area is 182 Å². The Kier molecular flexibility index (Phi) is 5.69. The standard InChI is InChI=1S/C30H34/c1-6-11-23-19-27(22(5)18-21(23)4)24-14-15-26-25-12-9-10-13-28(25)30(16-7-2,17-8-3)29(26)20-24/h6,9-15,18-20H,7-8,16-17H2,1-5H3/b11-6+. The molecule has 0 aromatic heterocycles. The molecule has 0 nitrogen and oxygen atoms in total. The predicted molar refractivity (Wildman–Crippen MR) is 132 cm³/mol. The summed E-state index contributed by atoms with van der Waals surface area (Å²) >= 11 is 0. The fourth-order valence-corrected chi connectivity index (χ4v) is 5.68. The zero-order valence-electron chi connectivity index (χ0n) is 19.2. The Balaban J connectivity index is 1.94. The summed E-state index contributed by atoms with van der Waals surface area (Å²) in [5, 5.41) is 0. The van der Waals surface area contributed by atoms with Crippen molar-refractivity contribution in [2.24, 2.45) is 0 Å². The van der Waals surface area contributed by atoms with Crippen molar-refractivity contribution in [2.45, 2.75) is 65.7 Å². The van der Waals surface area contributed by atoms with Gasteiger partial charge in [0.1, 0.15) is 0 Å². The van der Waals surface area contributed by atoms with Crippen molar-refractivity contribution < 1.29 is 0 Å². The molecule has 0 amide bonds. The summed E-state index contributed by atoms with van der Waals surface area (Å²) in [7, 11) is 0. The highest BCUT2D eigenvalue weighted by Gasteiger charge is 2.41. The monoisotopic (exact) mass is 394 g/mol. The van der Waals surface area contributed by atoms with Crippen LogP contribution < -0.4 is 0 Å². The number of benzene rings is 3. The fraction of sp³-hybridized carbons (Fsp3) is 0.333. The van der Waals surface area contributed by atoms with Gasteiger partial charge in [0.05, 0.1) is 0 Å². The quantitative estimate of drug-likeness (QED) is 0.391. The van der Waals surface area contributed by atoms with Crippen LogP contribution in [0.5, 0.6) is 0 Å². The van der Waals surface area contributed by atoms with Crippen molar-refractivity contribution in [1.82, 2.24) is 0 Å². The van der Waals surface area contributed by atoms with E-state index in [-0.39, 0.29) is 5.41 Å². The summed E-state index contributed by atoms with van der Waals surface area (Å²) in [6.07, 6.45) is 9.18. The Morgan fingerprint density at radius 3 is 2.13 bits per heavy atom. The molecule has 1 aliphatic carbocycles. The van der Waals surface area contributed by atoms with E-state index >= 15 is 0 Å². The van der Waals surface area contributed by atoms with Crippen molar-refractivity contribution >= 4 is 6.08 Å². The number of aryl methyl sites for hydroxylation is 2. The molecule has 0 fully saturated rings. The van der Waals surface area contributed by atoms with Crippen LogP contribution in [0.2, 0.25) is 0 Å². The second-order valence-electron chi connectivity index (χ2n) is 8.91. The molecule has 0 saturated heterocycles. The second kappa shape index (κ2) is 8.26. The van der Waals surface area contributed by atoms with Gasteiger partial charge in [-0.05, 0) is 95.8 Å². The topological polar surface area (TPSA) is 0 Å². The number of hydrogen-bond acceptors (Lipinski definition) is 0. The number of fused-ring (bicyclic) bond motifs is 3. The molecule has 0 atom stereocenters. The van der Waals surface area contributed by atoms with E-state index in [1.807, 2.05) is 0 Å². The summed E-state index contributed by atoms with van der Waals surface area (Å²) in [5.41, 5.74) is 12.8. The molecule has 0 bridgehead atoms. The number of allylic oxidation sites excluding steroid dienone is 1. The van der Waals surface area contributed by atoms with Gasteiger partial charge in [-0.3, -0.25) is 0 Å². The van der Waals surface area contributed by atoms with Crippen LogP contribution in [0, 0.1) is 13.8 Å².